The molecule has 0 rings (SSSR count). The Morgan fingerprint density at radius 1 is 0.517 bits per heavy atom. The Balaban J connectivity index is 4.31. The van der Waals surface area contributed by atoms with Crippen LogP contribution in [0.1, 0.15) is 142 Å². The number of ether oxygens (including phenoxy) is 2. The fourth-order valence-corrected chi connectivity index (χ4v) is 6.08. The predicted octanol–water partition coefficient (Wildman–Crippen LogP) is 12.8. The number of unbranched alkanes of at least 4 members (excludes halogenated alkanes) is 7. The maximum absolute atomic E-state index is 12.6. The molecule has 0 saturated carbocycles. The van der Waals surface area contributed by atoms with Crippen molar-refractivity contribution in [1.82, 2.24) is 0 Å². The Morgan fingerprint density at radius 3 is 1.35 bits per heavy atom. The van der Waals surface area contributed by atoms with Crippen LogP contribution < -0.4 is 0 Å². The number of aliphatic hydroxyl groups excluding tert-OH is 2. The van der Waals surface area contributed by atoms with Crippen molar-refractivity contribution in [1.29, 1.82) is 0 Å². The zero-order valence-corrected chi connectivity index (χ0v) is 38.0. The SMILES string of the molecule is CC/C=C\C/C=C\C/C=C\C/C=C\C/C=C\CCCCCCCC(=O)OC(COCCCC/C=C\C/C=C\C/C=C\C/C=C\C/C=C\CC)COP(=O)(O)OCC(O)CO. The van der Waals surface area contributed by atoms with Gasteiger partial charge in [0.1, 0.15) is 12.2 Å². The Kier molecular flexibility index (Phi) is 43.0. The summed E-state index contributed by atoms with van der Waals surface area (Å²) in [6.07, 6.45) is 60.2. The van der Waals surface area contributed by atoms with E-state index in [1.165, 1.54) is 0 Å². The van der Waals surface area contributed by atoms with Gasteiger partial charge in [-0.3, -0.25) is 13.8 Å². The lowest BCUT2D eigenvalue weighted by molar-refractivity contribution is -0.154. The van der Waals surface area contributed by atoms with Crippen LogP contribution in [0.3, 0.4) is 0 Å². The summed E-state index contributed by atoms with van der Waals surface area (Å²) in [6.45, 7) is 3.11. The molecule has 3 N–H and O–H groups in total. The van der Waals surface area contributed by atoms with Gasteiger partial charge in [-0.2, -0.15) is 0 Å². The van der Waals surface area contributed by atoms with E-state index in [0.29, 0.717) is 13.0 Å². The van der Waals surface area contributed by atoms with Crippen molar-refractivity contribution in [3.05, 3.63) is 122 Å². The predicted molar refractivity (Wildman–Crippen MR) is 251 cm³/mol. The lowest BCUT2D eigenvalue weighted by Gasteiger charge is -2.20. The summed E-state index contributed by atoms with van der Waals surface area (Å²) in [7, 11) is -4.55. The van der Waals surface area contributed by atoms with Crippen molar-refractivity contribution in [3.8, 4) is 0 Å². The number of hydrogen-bond acceptors (Lipinski definition) is 8. The fraction of sp³-hybridized carbons (Fsp3) is 0.580. The maximum Gasteiger partial charge on any atom is 0.472 e. The van der Waals surface area contributed by atoms with Crippen LogP contribution in [-0.2, 0) is 27.9 Å². The molecule has 0 aliphatic carbocycles. The summed E-state index contributed by atoms with van der Waals surface area (Å²) in [4.78, 5) is 22.6. The fourth-order valence-electron chi connectivity index (χ4n) is 5.29. The lowest BCUT2D eigenvalue weighted by Crippen LogP contribution is -2.29. The molecule has 0 saturated heterocycles. The molecule has 10 heteroatoms. The van der Waals surface area contributed by atoms with Gasteiger partial charge in [-0.1, -0.05) is 155 Å². The van der Waals surface area contributed by atoms with Gasteiger partial charge in [0.25, 0.3) is 0 Å². The Labute approximate surface area is 364 Å². The minimum atomic E-state index is -4.55. The number of aliphatic hydroxyl groups is 2. The molecule has 0 amide bonds. The van der Waals surface area contributed by atoms with Crippen LogP contribution >= 0.6 is 7.82 Å². The maximum atomic E-state index is 12.6. The van der Waals surface area contributed by atoms with E-state index in [0.717, 1.165) is 116 Å². The molecule has 0 heterocycles. The Bertz CT molecular complexity index is 1340. The quantitative estimate of drug-likeness (QED) is 0.0238. The monoisotopic (exact) mass is 857 g/mol. The molecule has 0 spiro atoms. The number of rotatable bonds is 41. The molecule has 0 radical (unpaired) electrons. The minimum absolute atomic E-state index is 0.00246. The molecule has 0 bridgehead atoms. The molecule has 340 valence electrons. The summed E-state index contributed by atoms with van der Waals surface area (Å²) >= 11 is 0. The topological polar surface area (TPSA) is 132 Å². The largest absolute Gasteiger partial charge is 0.472 e. The molecule has 9 nitrogen and oxygen atoms in total. The average molecular weight is 857 g/mol. The van der Waals surface area contributed by atoms with E-state index in [4.69, 9.17) is 23.6 Å². The molecule has 0 fully saturated rings. The second-order valence-corrected chi connectivity index (χ2v) is 15.8. The van der Waals surface area contributed by atoms with Crippen LogP contribution in [0.15, 0.2) is 122 Å². The number of allylic oxidation sites excluding steroid dienone is 20. The highest BCUT2D eigenvalue weighted by molar-refractivity contribution is 7.47. The molecule has 0 aliphatic rings. The summed E-state index contributed by atoms with van der Waals surface area (Å²) in [5, 5.41) is 18.4. The van der Waals surface area contributed by atoms with Crippen LogP contribution in [0, 0.1) is 0 Å². The first-order chi connectivity index (χ1) is 29.3. The second kappa shape index (κ2) is 45.4. The molecule has 3 unspecified atom stereocenters. The number of phosphoric ester groups is 1. The van der Waals surface area contributed by atoms with Crippen molar-refractivity contribution in [2.75, 3.05) is 33.0 Å². The van der Waals surface area contributed by atoms with Crippen molar-refractivity contribution in [3.63, 3.8) is 0 Å². The smallest absolute Gasteiger partial charge is 0.457 e. The standard InChI is InChI=1S/C50H81O9P/c1-3-5-7-9-11-13-15-17-19-21-23-24-25-26-28-30-32-34-36-38-40-42-50(53)59-49(47-58-60(54,55)57-45-48(52)44-51)46-56-43-41-39-37-35-33-31-29-27-22-20-18-16-14-12-10-8-6-4-2/h5-8,11-14,17-20,23-24,26-29,33,35,48-49,51-52H,3-4,9-10,15-16,21-22,25,30-32,34,36-47H2,1-2H3,(H,54,55)/b7-5-,8-6-,13-11-,14-12-,19-17-,20-18-,24-23-,28-26-,29-27-,35-33-. The van der Waals surface area contributed by atoms with Gasteiger partial charge < -0.3 is 24.6 Å². The van der Waals surface area contributed by atoms with Crippen LogP contribution in [0.25, 0.3) is 0 Å². The van der Waals surface area contributed by atoms with E-state index in [1.54, 1.807) is 0 Å². The zero-order chi connectivity index (χ0) is 43.9. The molecule has 3 atom stereocenters. The number of phosphoric acid groups is 1. The van der Waals surface area contributed by atoms with Crippen LogP contribution in [0.2, 0.25) is 0 Å². The molecular formula is C50H81O9P. The number of carbonyl (C=O) groups is 1. The number of carbonyl (C=O) groups excluding carboxylic acids is 1. The first-order valence-corrected chi connectivity index (χ1v) is 24.0. The van der Waals surface area contributed by atoms with Crippen LogP contribution in [0.4, 0.5) is 0 Å². The van der Waals surface area contributed by atoms with Gasteiger partial charge in [0.15, 0.2) is 0 Å². The molecule has 0 aliphatic heterocycles. The first kappa shape index (κ1) is 56.9. The van der Waals surface area contributed by atoms with Gasteiger partial charge >= 0.3 is 13.8 Å². The van der Waals surface area contributed by atoms with Gasteiger partial charge in [-0.25, -0.2) is 4.57 Å². The minimum Gasteiger partial charge on any atom is -0.457 e. The van der Waals surface area contributed by atoms with Crippen molar-refractivity contribution < 1.29 is 43.0 Å². The lowest BCUT2D eigenvalue weighted by atomic mass is 10.1. The van der Waals surface area contributed by atoms with Gasteiger partial charge in [-0.05, 0) is 103 Å². The van der Waals surface area contributed by atoms with Gasteiger partial charge in [-0.15, -0.1) is 0 Å². The third-order valence-electron chi connectivity index (χ3n) is 8.64. The first-order valence-electron chi connectivity index (χ1n) is 22.5. The zero-order valence-electron chi connectivity index (χ0n) is 37.1. The number of hydrogen-bond donors (Lipinski definition) is 3. The van der Waals surface area contributed by atoms with E-state index in [9.17, 15) is 19.4 Å². The summed E-state index contributed by atoms with van der Waals surface area (Å²) in [6, 6.07) is 0. The van der Waals surface area contributed by atoms with E-state index in [1.807, 2.05) is 0 Å². The van der Waals surface area contributed by atoms with E-state index < -0.39 is 45.8 Å². The average Bonchev–Trinajstić information content (AvgIpc) is 3.24. The third kappa shape index (κ3) is 44.4. The Hall–Kier alpha value is -3.14. The third-order valence-corrected chi connectivity index (χ3v) is 9.59. The van der Waals surface area contributed by atoms with Crippen LogP contribution in [0.5, 0.6) is 0 Å². The van der Waals surface area contributed by atoms with Crippen molar-refractivity contribution >= 4 is 13.8 Å². The molecule has 60 heavy (non-hydrogen) atoms. The molecule has 0 aromatic carbocycles. The van der Waals surface area contributed by atoms with E-state index >= 15 is 0 Å². The van der Waals surface area contributed by atoms with Gasteiger partial charge in [0.2, 0.25) is 0 Å². The highest BCUT2D eigenvalue weighted by Crippen LogP contribution is 2.43. The van der Waals surface area contributed by atoms with Crippen molar-refractivity contribution in [2.45, 2.75) is 154 Å². The van der Waals surface area contributed by atoms with Crippen LogP contribution in [-0.4, -0.2) is 66.3 Å². The molecule has 0 aromatic rings. The van der Waals surface area contributed by atoms with Gasteiger partial charge in [0, 0.05) is 13.0 Å². The summed E-state index contributed by atoms with van der Waals surface area (Å²) in [5.74, 6) is -0.422. The van der Waals surface area contributed by atoms with E-state index in [2.05, 4.69) is 135 Å². The molecule has 0 aromatic heterocycles. The second-order valence-electron chi connectivity index (χ2n) is 14.3. The Morgan fingerprint density at radius 2 is 0.900 bits per heavy atom. The molecular weight excluding hydrogens is 776 g/mol. The highest BCUT2D eigenvalue weighted by atomic mass is 31.2. The van der Waals surface area contributed by atoms with E-state index in [-0.39, 0.29) is 13.0 Å². The summed E-state index contributed by atoms with van der Waals surface area (Å²) in [5.41, 5.74) is 0. The van der Waals surface area contributed by atoms with Gasteiger partial charge in [0.05, 0.1) is 26.4 Å². The normalized spacial score (nSPS) is 15.1. The van der Waals surface area contributed by atoms with Crippen molar-refractivity contribution in [2.24, 2.45) is 0 Å². The summed E-state index contributed by atoms with van der Waals surface area (Å²) < 4.78 is 33.3. The number of esters is 1. The highest BCUT2D eigenvalue weighted by Gasteiger charge is 2.26.